The highest BCUT2D eigenvalue weighted by Crippen LogP contribution is 2.26. The zero-order chi connectivity index (χ0) is 12.3. The molecule has 1 unspecified atom stereocenters. The fraction of sp³-hybridized carbons (Fsp3) is 0.917. The molecule has 1 atom stereocenters. The van der Waals surface area contributed by atoms with E-state index in [9.17, 15) is 4.79 Å². The van der Waals surface area contributed by atoms with Gasteiger partial charge >= 0.3 is 0 Å². The van der Waals surface area contributed by atoms with Gasteiger partial charge < -0.3 is 11.1 Å². The Labute approximate surface area is 93.8 Å². The second-order valence-electron chi connectivity index (χ2n) is 6.31. The first kappa shape index (κ1) is 14.4. The Morgan fingerprint density at radius 1 is 1.27 bits per heavy atom. The third-order valence-corrected chi connectivity index (χ3v) is 2.34. The van der Waals surface area contributed by atoms with Crippen LogP contribution in [-0.4, -0.2) is 18.0 Å². The molecule has 0 fully saturated rings. The van der Waals surface area contributed by atoms with Crippen LogP contribution >= 0.6 is 0 Å². The number of hydrogen-bond donors (Lipinski definition) is 2. The van der Waals surface area contributed by atoms with Gasteiger partial charge in [0.25, 0.3) is 0 Å². The topological polar surface area (TPSA) is 55.1 Å². The average Bonchev–Trinajstić information content (AvgIpc) is 1.95. The molecule has 0 aromatic rings. The third kappa shape index (κ3) is 7.37. The lowest BCUT2D eigenvalue weighted by Crippen LogP contribution is -2.45. The predicted octanol–water partition coefficient (Wildman–Crippen LogP) is 1.91. The number of rotatable bonds is 5. The number of nitrogens with one attached hydrogen (secondary N) is 1. The summed E-state index contributed by atoms with van der Waals surface area (Å²) in [6.45, 7) is 13.5. The zero-order valence-corrected chi connectivity index (χ0v) is 11.0. The van der Waals surface area contributed by atoms with Crippen molar-refractivity contribution in [2.75, 3.05) is 6.54 Å². The Morgan fingerprint density at radius 3 is 2.07 bits per heavy atom. The molecule has 0 aromatic heterocycles. The normalized spacial score (nSPS) is 15.1. The van der Waals surface area contributed by atoms with Crippen LogP contribution in [0.3, 0.4) is 0 Å². The third-order valence-electron chi connectivity index (χ3n) is 2.34. The molecule has 90 valence electrons. The highest BCUT2D eigenvalue weighted by atomic mass is 16.1. The van der Waals surface area contributed by atoms with Crippen LogP contribution in [0.1, 0.15) is 48.0 Å². The molecule has 15 heavy (non-hydrogen) atoms. The monoisotopic (exact) mass is 214 g/mol. The number of carbonyl (C=O) groups is 1. The molecule has 3 N–H and O–H groups in total. The maximum absolute atomic E-state index is 10.9. The van der Waals surface area contributed by atoms with Crippen LogP contribution in [0.25, 0.3) is 0 Å². The molecule has 1 amide bonds. The maximum Gasteiger partial charge on any atom is 0.221 e. The van der Waals surface area contributed by atoms with Crippen molar-refractivity contribution in [2.45, 2.75) is 53.5 Å². The van der Waals surface area contributed by atoms with E-state index < -0.39 is 0 Å². The van der Waals surface area contributed by atoms with Gasteiger partial charge in [0.05, 0.1) is 0 Å². The minimum absolute atomic E-state index is 0.0436. The molecule has 0 aliphatic carbocycles. The number of nitrogens with two attached hydrogens (primary N) is 1. The molecule has 0 aliphatic heterocycles. The second-order valence-corrected chi connectivity index (χ2v) is 6.31. The van der Waals surface area contributed by atoms with Gasteiger partial charge in [0.1, 0.15) is 0 Å². The lowest BCUT2D eigenvalue weighted by molar-refractivity contribution is -0.121. The lowest BCUT2D eigenvalue weighted by atomic mass is 9.81. The van der Waals surface area contributed by atoms with E-state index in [-0.39, 0.29) is 22.8 Å². The molecule has 0 radical (unpaired) electrons. The summed E-state index contributed by atoms with van der Waals surface area (Å²) in [7, 11) is 0. The Kier molecular flexibility index (Phi) is 4.78. The highest BCUT2D eigenvalue weighted by Gasteiger charge is 2.25. The fourth-order valence-corrected chi connectivity index (χ4v) is 1.92. The molecule has 0 bridgehead atoms. The largest absolute Gasteiger partial charge is 0.369 e. The quantitative estimate of drug-likeness (QED) is 0.734. The van der Waals surface area contributed by atoms with Gasteiger partial charge in [-0.15, -0.1) is 0 Å². The summed E-state index contributed by atoms with van der Waals surface area (Å²) < 4.78 is 0. The van der Waals surface area contributed by atoms with Crippen molar-refractivity contribution >= 4 is 5.91 Å². The van der Waals surface area contributed by atoms with Crippen LogP contribution < -0.4 is 11.1 Å². The Morgan fingerprint density at radius 2 is 1.73 bits per heavy atom. The summed E-state index contributed by atoms with van der Waals surface area (Å²) in [4.78, 5) is 10.9. The van der Waals surface area contributed by atoms with Crippen LogP contribution in [0.5, 0.6) is 0 Å². The molecule has 3 nitrogen and oxygen atoms in total. The minimum Gasteiger partial charge on any atom is -0.369 e. The van der Waals surface area contributed by atoms with E-state index in [2.05, 4.69) is 39.9 Å². The van der Waals surface area contributed by atoms with Gasteiger partial charge in [-0.05, 0) is 25.7 Å². The standard InChI is InChI=1S/C12H26N2O/c1-9(10(13)15)7-14-12(5,6)8-11(2,3)4/h9,14H,7-8H2,1-6H3,(H2,13,15). The summed E-state index contributed by atoms with van der Waals surface area (Å²) in [5, 5.41) is 3.40. The van der Waals surface area contributed by atoms with Crippen LogP contribution in [0.4, 0.5) is 0 Å². The smallest absolute Gasteiger partial charge is 0.221 e. The summed E-state index contributed by atoms with van der Waals surface area (Å²) in [6, 6.07) is 0. The van der Waals surface area contributed by atoms with Crippen molar-refractivity contribution in [3.63, 3.8) is 0 Å². The molecule has 0 saturated heterocycles. The summed E-state index contributed by atoms with van der Waals surface area (Å²) in [6.07, 6.45) is 1.06. The molecular formula is C12H26N2O. The van der Waals surface area contributed by atoms with Gasteiger partial charge in [-0.1, -0.05) is 27.7 Å². The van der Waals surface area contributed by atoms with E-state index in [0.717, 1.165) is 6.42 Å². The molecule has 0 spiro atoms. The zero-order valence-electron chi connectivity index (χ0n) is 11.0. The Bertz CT molecular complexity index is 216. The van der Waals surface area contributed by atoms with Crippen molar-refractivity contribution in [1.82, 2.24) is 5.32 Å². The van der Waals surface area contributed by atoms with Gasteiger partial charge in [0.15, 0.2) is 0 Å². The first-order valence-corrected chi connectivity index (χ1v) is 5.58. The Hall–Kier alpha value is -0.570. The van der Waals surface area contributed by atoms with Crippen molar-refractivity contribution in [1.29, 1.82) is 0 Å². The van der Waals surface area contributed by atoms with Gasteiger partial charge in [0, 0.05) is 18.0 Å². The molecule has 0 aromatic carbocycles. The van der Waals surface area contributed by atoms with E-state index in [1.54, 1.807) is 0 Å². The molecule has 0 rings (SSSR count). The van der Waals surface area contributed by atoms with Crippen LogP contribution in [0, 0.1) is 11.3 Å². The highest BCUT2D eigenvalue weighted by molar-refractivity contribution is 5.76. The molecule has 0 aliphatic rings. The van der Waals surface area contributed by atoms with Gasteiger partial charge in [-0.3, -0.25) is 4.79 Å². The van der Waals surface area contributed by atoms with Gasteiger partial charge in [-0.2, -0.15) is 0 Å². The first-order valence-electron chi connectivity index (χ1n) is 5.58. The van der Waals surface area contributed by atoms with Crippen molar-refractivity contribution in [3.8, 4) is 0 Å². The number of carbonyl (C=O) groups excluding carboxylic acids is 1. The van der Waals surface area contributed by atoms with E-state index in [0.29, 0.717) is 6.54 Å². The maximum atomic E-state index is 10.9. The molecule has 0 saturated carbocycles. The first-order chi connectivity index (χ1) is 6.53. The van der Waals surface area contributed by atoms with Crippen LogP contribution in [0.2, 0.25) is 0 Å². The summed E-state index contributed by atoms with van der Waals surface area (Å²) in [5.41, 5.74) is 5.54. The van der Waals surface area contributed by atoms with Crippen LogP contribution in [0.15, 0.2) is 0 Å². The molecular weight excluding hydrogens is 188 g/mol. The molecule has 3 heteroatoms. The van der Waals surface area contributed by atoms with Crippen LogP contribution in [-0.2, 0) is 4.79 Å². The van der Waals surface area contributed by atoms with E-state index in [4.69, 9.17) is 5.73 Å². The summed E-state index contributed by atoms with van der Waals surface area (Å²) in [5.74, 6) is -0.349. The SMILES string of the molecule is CC(CNC(C)(C)CC(C)(C)C)C(N)=O. The van der Waals surface area contributed by atoms with E-state index in [1.165, 1.54) is 0 Å². The number of hydrogen-bond acceptors (Lipinski definition) is 2. The van der Waals surface area contributed by atoms with Gasteiger partial charge in [-0.25, -0.2) is 0 Å². The lowest BCUT2D eigenvalue weighted by Gasteiger charge is -2.34. The van der Waals surface area contributed by atoms with E-state index >= 15 is 0 Å². The van der Waals surface area contributed by atoms with Gasteiger partial charge in [0.2, 0.25) is 5.91 Å². The van der Waals surface area contributed by atoms with Crippen molar-refractivity contribution in [2.24, 2.45) is 17.1 Å². The number of amides is 1. The molecule has 0 heterocycles. The van der Waals surface area contributed by atoms with Crippen molar-refractivity contribution in [3.05, 3.63) is 0 Å². The minimum atomic E-state index is -0.242. The summed E-state index contributed by atoms with van der Waals surface area (Å²) >= 11 is 0. The fourth-order valence-electron chi connectivity index (χ4n) is 1.92. The number of primary amides is 1. The predicted molar refractivity (Wildman–Crippen MR) is 64.5 cm³/mol. The second kappa shape index (κ2) is 4.97. The van der Waals surface area contributed by atoms with E-state index in [1.807, 2.05) is 6.92 Å². The van der Waals surface area contributed by atoms with Crippen molar-refractivity contribution < 1.29 is 4.79 Å². The Balaban J connectivity index is 4.10. The average molecular weight is 214 g/mol.